The van der Waals surface area contributed by atoms with E-state index in [4.69, 9.17) is 0 Å². The Morgan fingerprint density at radius 2 is 2.04 bits per heavy atom. The first-order valence-electron chi connectivity index (χ1n) is 7.24. The van der Waals surface area contributed by atoms with E-state index in [0.717, 1.165) is 5.69 Å². The Balaban J connectivity index is 1.84. The third-order valence-corrected chi connectivity index (χ3v) is 3.57. The van der Waals surface area contributed by atoms with E-state index in [-0.39, 0.29) is 6.03 Å². The predicted octanol–water partition coefficient (Wildman–Crippen LogP) is 2.86. The van der Waals surface area contributed by atoms with E-state index in [2.05, 4.69) is 43.4 Å². The van der Waals surface area contributed by atoms with Crippen LogP contribution < -0.4 is 10.6 Å². The minimum absolute atomic E-state index is 0.311. The average molecular weight is 341 g/mol. The number of pyridine rings is 2. The molecule has 3 heterocycles. The molecule has 0 saturated carbocycles. The molecule has 2 N–H and O–H groups in total. The fourth-order valence-electron chi connectivity index (χ4n) is 1.93. The van der Waals surface area contributed by atoms with E-state index in [1.807, 2.05) is 19.1 Å². The summed E-state index contributed by atoms with van der Waals surface area (Å²) in [5, 5.41) is 5.75. The van der Waals surface area contributed by atoms with Gasteiger partial charge in [0, 0.05) is 12.7 Å². The molecule has 0 aliphatic rings. The predicted molar refractivity (Wildman–Crippen MR) is 95.2 cm³/mol. The summed E-state index contributed by atoms with van der Waals surface area (Å²) in [6.45, 7) is 2.28. The van der Waals surface area contributed by atoms with Gasteiger partial charge < -0.3 is 5.32 Å². The molecule has 0 unspecified atom stereocenters. The van der Waals surface area contributed by atoms with Crippen molar-refractivity contribution in [3.8, 4) is 0 Å². The van der Waals surface area contributed by atoms with E-state index in [9.17, 15) is 4.79 Å². The summed E-state index contributed by atoms with van der Waals surface area (Å²) in [5.74, 6) is 0.920. The molecule has 2 amide bonds. The highest BCUT2D eigenvalue weighted by atomic mass is 32.1. The summed E-state index contributed by atoms with van der Waals surface area (Å²) in [6.07, 6.45) is 4.87. The number of aromatic nitrogens is 4. The van der Waals surface area contributed by atoms with Gasteiger partial charge in [-0.3, -0.25) is 14.6 Å². The van der Waals surface area contributed by atoms with Crippen LogP contribution in [0.4, 0.5) is 22.1 Å². The zero-order valence-electron chi connectivity index (χ0n) is 12.8. The first-order valence-corrected chi connectivity index (χ1v) is 7.64. The summed E-state index contributed by atoms with van der Waals surface area (Å²) < 4.78 is 1.24. The summed E-state index contributed by atoms with van der Waals surface area (Å²) in [4.78, 5) is 28.8. The van der Waals surface area contributed by atoms with Gasteiger partial charge in [-0.15, -0.1) is 0 Å². The van der Waals surface area contributed by atoms with Crippen LogP contribution in [0.2, 0.25) is 0 Å². The van der Waals surface area contributed by atoms with Crippen molar-refractivity contribution >= 4 is 47.3 Å². The van der Waals surface area contributed by atoms with Gasteiger partial charge in [0.2, 0.25) is 0 Å². The second-order valence-corrected chi connectivity index (χ2v) is 5.29. The van der Waals surface area contributed by atoms with Gasteiger partial charge in [-0.2, -0.15) is 0 Å². The van der Waals surface area contributed by atoms with Gasteiger partial charge in [-0.25, -0.2) is 19.7 Å². The van der Waals surface area contributed by atoms with Gasteiger partial charge in [0.25, 0.3) is 0 Å². The molecule has 122 valence electrons. The number of anilines is 3. The molecule has 0 fully saturated rings. The molecule has 0 bridgehead atoms. The minimum atomic E-state index is -0.376. The van der Waals surface area contributed by atoms with Crippen molar-refractivity contribution in [3.63, 3.8) is 0 Å². The maximum atomic E-state index is 11.8. The number of amides is 2. The van der Waals surface area contributed by atoms with Gasteiger partial charge in [0.05, 0.1) is 18.1 Å². The fraction of sp³-hybridized carbons (Fsp3) is 0.133. The molecule has 8 nitrogen and oxygen atoms in total. The number of carbonyl (C=O) groups excluding carboxylic acids is 1. The first kappa shape index (κ1) is 15.9. The Labute approximate surface area is 143 Å². The highest BCUT2D eigenvalue weighted by Crippen LogP contribution is 2.17. The van der Waals surface area contributed by atoms with Crippen molar-refractivity contribution < 1.29 is 4.79 Å². The molecule has 24 heavy (non-hydrogen) atoms. The lowest BCUT2D eigenvalue weighted by atomic mass is 10.3. The summed E-state index contributed by atoms with van der Waals surface area (Å²) in [6, 6.07) is 6.94. The number of fused-ring (bicyclic) bond motifs is 1. The number of hydrogen-bond donors (Lipinski definition) is 3. The molecular formula is C15H15N7OS. The van der Waals surface area contributed by atoms with Crippen molar-refractivity contribution in [2.45, 2.75) is 6.92 Å². The Hall–Kier alpha value is -2.94. The zero-order valence-corrected chi connectivity index (χ0v) is 13.7. The highest BCUT2D eigenvalue weighted by Gasteiger charge is 2.10. The van der Waals surface area contributed by atoms with Gasteiger partial charge in [0.1, 0.15) is 11.3 Å². The summed E-state index contributed by atoms with van der Waals surface area (Å²) >= 11 is 4.04. The lowest BCUT2D eigenvalue weighted by molar-refractivity contribution is 0.240. The molecule has 0 aliphatic heterocycles. The molecule has 9 heteroatoms. The van der Waals surface area contributed by atoms with Crippen molar-refractivity contribution in [1.82, 2.24) is 24.2 Å². The maximum absolute atomic E-state index is 11.8. The van der Waals surface area contributed by atoms with Crippen LogP contribution in [0.3, 0.4) is 0 Å². The van der Waals surface area contributed by atoms with Crippen LogP contribution >= 0.6 is 12.8 Å². The van der Waals surface area contributed by atoms with Gasteiger partial charge in [-0.1, -0.05) is 12.8 Å². The summed E-state index contributed by atoms with van der Waals surface area (Å²) in [7, 11) is 0. The van der Waals surface area contributed by atoms with Crippen LogP contribution in [0.15, 0.2) is 42.9 Å². The summed E-state index contributed by atoms with van der Waals surface area (Å²) in [5.41, 5.74) is 1.86. The van der Waals surface area contributed by atoms with E-state index < -0.39 is 0 Å². The number of nitrogens with one attached hydrogen (secondary N) is 2. The van der Waals surface area contributed by atoms with Crippen LogP contribution in [-0.2, 0) is 0 Å². The topological polar surface area (TPSA) is 95.9 Å². The largest absolute Gasteiger partial charge is 0.339 e. The molecule has 0 atom stereocenters. The minimum Gasteiger partial charge on any atom is -0.339 e. The average Bonchev–Trinajstić information content (AvgIpc) is 2.61. The molecule has 0 aromatic carbocycles. The Morgan fingerprint density at radius 1 is 1.21 bits per heavy atom. The quantitative estimate of drug-likeness (QED) is 0.632. The lowest BCUT2D eigenvalue weighted by Crippen LogP contribution is -2.27. The standard InChI is InChI=1S/C15H15N7OS/c1-2-22(24)15(23)21-13-9-17-11-5-6-12(19-14(11)20-13)18-10-4-3-7-16-8-10/h3-9,24H,2H2,1H3,(H2,18,19,20,21,23). The van der Waals surface area contributed by atoms with E-state index in [1.165, 1.54) is 10.5 Å². The van der Waals surface area contributed by atoms with E-state index in [0.29, 0.717) is 29.3 Å². The van der Waals surface area contributed by atoms with Crippen LogP contribution in [0, 0.1) is 0 Å². The monoisotopic (exact) mass is 341 g/mol. The Kier molecular flexibility index (Phi) is 4.71. The molecule has 3 aromatic heterocycles. The molecule has 0 saturated heterocycles. The van der Waals surface area contributed by atoms with Crippen molar-refractivity contribution in [3.05, 3.63) is 42.9 Å². The smallest absolute Gasteiger partial charge is 0.332 e. The molecule has 0 spiro atoms. The highest BCUT2D eigenvalue weighted by molar-refractivity contribution is 7.78. The van der Waals surface area contributed by atoms with Crippen molar-refractivity contribution in [1.29, 1.82) is 0 Å². The molecule has 3 aromatic rings. The second kappa shape index (κ2) is 7.09. The van der Waals surface area contributed by atoms with Crippen molar-refractivity contribution in [2.75, 3.05) is 17.2 Å². The number of carbonyl (C=O) groups is 1. The number of nitrogens with zero attached hydrogens (tertiary/aromatic N) is 5. The van der Waals surface area contributed by atoms with E-state index in [1.54, 1.807) is 24.5 Å². The zero-order chi connectivity index (χ0) is 16.9. The maximum Gasteiger partial charge on any atom is 0.332 e. The van der Waals surface area contributed by atoms with Gasteiger partial charge in [-0.05, 0) is 31.2 Å². The van der Waals surface area contributed by atoms with Gasteiger partial charge in [0.15, 0.2) is 11.5 Å². The molecule has 0 aliphatic carbocycles. The molecule has 0 radical (unpaired) electrons. The second-order valence-electron chi connectivity index (χ2n) is 4.81. The number of rotatable bonds is 4. The lowest BCUT2D eigenvalue weighted by Gasteiger charge is -2.13. The fourth-order valence-corrected chi connectivity index (χ4v) is 1.98. The normalized spacial score (nSPS) is 10.4. The van der Waals surface area contributed by atoms with Crippen LogP contribution in [0.5, 0.6) is 0 Å². The number of thiol groups is 1. The van der Waals surface area contributed by atoms with Crippen molar-refractivity contribution in [2.24, 2.45) is 0 Å². The molecule has 3 rings (SSSR count). The van der Waals surface area contributed by atoms with Gasteiger partial charge >= 0.3 is 6.03 Å². The number of urea groups is 1. The third kappa shape index (κ3) is 3.69. The van der Waals surface area contributed by atoms with Crippen LogP contribution in [0.25, 0.3) is 11.2 Å². The number of hydrogen-bond acceptors (Lipinski definition) is 7. The third-order valence-electron chi connectivity index (χ3n) is 3.11. The SMILES string of the molecule is CCN(S)C(=O)Nc1cnc2ccc(Nc3cccnc3)nc2n1. The Morgan fingerprint density at radius 3 is 2.79 bits per heavy atom. The molecular weight excluding hydrogens is 326 g/mol. The van der Waals surface area contributed by atoms with Crippen LogP contribution in [-0.4, -0.2) is 36.8 Å². The first-order chi connectivity index (χ1) is 11.7. The van der Waals surface area contributed by atoms with E-state index >= 15 is 0 Å². The van der Waals surface area contributed by atoms with Crippen LogP contribution in [0.1, 0.15) is 6.92 Å². The Bertz CT molecular complexity index is 859.